The number of carbonyl (C=O) groups excluding carboxylic acids is 4. The Hall–Kier alpha value is -3.42. The number of ether oxygens (including phenoxy) is 1. The molecule has 0 saturated carbocycles. The van der Waals surface area contributed by atoms with Crippen LogP contribution in [0.5, 0.6) is 11.5 Å². The number of aromatic hydroxyl groups is 1. The van der Waals surface area contributed by atoms with E-state index in [1.54, 1.807) is 20.8 Å². The maximum absolute atomic E-state index is 13.1. The molecule has 1 aliphatic heterocycles. The minimum atomic E-state index is -1.55. The quantitative estimate of drug-likeness (QED) is 0.164. The highest BCUT2D eigenvalue weighted by molar-refractivity contribution is 5.95. The van der Waals surface area contributed by atoms with E-state index in [2.05, 4.69) is 16.0 Å². The van der Waals surface area contributed by atoms with Crippen LogP contribution in [0.15, 0.2) is 0 Å². The lowest BCUT2D eigenvalue weighted by atomic mass is 9.86. The maximum atomic E-state index is 13.1. The van der Waals surface area contributed by atoms with E-state index in [1.165, 1.54) is 6.92 Å². The average molecular weight is 511 g/mol. The third-order valence-corrected chi connectivity index (χ3v) is 6.46. The second-order valence-electron chi connectivity index (χ2n) is 8.96. The molecule has 1 heterocycles. The van der Waals surface area contributed by atoms with E-state index in [4.69, 9.17) is 15.6 Å². The number of rotatable bonds is 10. The van der Waals surface area contributed by atoms with Gasteiger partial charge in [-0.05, 0) is 50.8 Å². The van der Waals surface area contributed by atoms with Crippen molar-refractivity contribution in [2.45, 2.75) is 64.3 Å². The fourth-order valence-electron chi connectivity index (χ4n) is 3.86. The molecule has 13 nitrogen and oxygen atoms in total. The number of phenolic OH excluding ortho intramolecular Hbond substituents is 1. The lowest BCUT2D eigenvalue weighted by molar-refractivity contribution is -0.141. The van der Waals surface area contributed by atoms with Crippen molar-refractivity contribution in [3.63, 3.8) is 0 Å². The summed E-state index contributed by atoms with van der Waals surface area (Å²) in [5, 5.41) is 45.3. The van der Waals surface area contributed by atoms with E-state index >= 15 is 0 Å². The summed E-state index contributed by atoms with van der Waals surface area (Å²) in [5.74, 6) is -3.05. The molecule has 200 valence electrons. The molecule has 0 bridgehead atoms. The Morgan fingerprint density at radius 2 is 1.39 bits per heavy atom. The summed E-state index contributed by atoms with van der Waals surface area (Å²) in [5.41, 5.74) is 6.39. The molecule has 1 aromatic carbocycles. The van der Waals surface area contributed by atoms with Gasteiger partial charge in [0.15, 0.2) is 5.60 Å². The number of primary amides is 1. The number of aliphatic hydroxyl groups excluding tert-OH is 3. The number of amides is 4. The number of nitrogens with two attached hydrogens (primary N) is 1. The normalized spacial score (nSPS) is 19.2. The molecule has 0 fully saturated rings. The lowest BCUT2D eigenvalue weighted by Crippen LogP contribution is -2.61. The Morgan fingerprint density at radius 3 is 1.89 bits per heavy atom. The minimum absolute atomic E-state index is 0.170. The minimum Gasteiger partial charge on any atom is -0.507 e. The molecular formula is C23H34N4O9. The Kier molecular flexibility index (Phi) is 9.24. The molecule has 0 radical (unpaired) electrons. The van der Waals surface area contributed by atoms with Gasteiger partial charge in [0.25, 0.3) is 5.91 Å². The van der Waals surface area contributed by atoms with Crippen molar-refractivity contribution in [2.24, 2.45) is 5.73 Å². The number of nitrogens with one attached hydrogen (secondary N) is 3. The SMILES string of the molecule is Cc1c(C)c2c(c(C)c1O)CCC(C)(C(=O)NC(CO)C(=O)NC(CO)C(=O)NC(CO)C(N)=O)O2. The Morgan fingerprint density at radius 1 is 0.889 bits per heavy atom. The first-order valence-electron chi connectivity index (χ1n) is 11.3. The maximum Gasteiger partial charge on any atom is 0.264 e. The number of phenols is 1. The number of carbonyl (C=O) groups is 4. The van der Waals surface area contributed by atoms with Crippen molar-refractivity contribution in [1.82, 2.24) is 16.0 Å². The third-order valence-electron chi connectivity index (χ3n) is 6.46. The van der Waals surface area contributed by atoms with Crippen molar-refractivity contribution >= 4 is 23.6 Å². The number of benzene rings is 1. The molecule has 2 rings (SSSR count). The lowest BCUT2D eigenvalue weighted by Gasteiger charge is -2.37. The number of hydrogen-bond acceptors (Lipinski definition) is 9. The van der Waals surface area contributed by atoms with Crippen LogP contribution in [0.2, 0.25) is 0 Å². The summed E-state index contributed by atoms with van der Waals surface area (Å²) >= 11 is 0. The fraction of sp³-hybridized carbons (Fsp3) is 0.565. The largest absolute Gasteiger partial charge is 0.507 e. The molecule has 0 saturated heterocycles. The van der Waals surface area contributed by atoms with Crippen LogP contribution in [0.25, 0.3) is 0 Å². The van der Waals surface area contributed by atoms with Gasteiger partial charge in [0.1, 0.15) is 29.6 Å². The number of fused-ring (bicyclic) bond motifs is 1. The highest BCUT2D eigenvalue weighted by atomic mass is 16.5. The topological polar surface area (TPSA) is 221 Å². The van der Waals surface area contributed by atoms with Crippen LogP contribution in [0.3, 0.4) is 0 Å². The molecule has 13 heteroatoms. The summed E-state index contributed by atoms with van der Waals surface area (Å²) in [4.78, 5) is 49.2. The summed E-state index contributed by atoms with van der Waals surface area (Å²) in [6.45, 7) is 4.32. The van der Waals surface area contributed by atoms with E-state index in [9.17, 15) is 34.5 Å². The van der Waals surface area contributed by atoms with E-state index < -0.39 is 67.2 Å². The van der Waals surface area contributed by atoms with E-state index in [1.807, 2.05) is 0 Å². The first-order chi connectivity index (χ1) is 16.8. The predicted octanol–water partition coefficient (Wildman–Crippen LogP) is -2.68. The van der Waals surface area contributed by atoms with Gasteiger partial charge in [0.2, 0.25) is 17.7 Å². The molecule has 4 amide bonds. The molecule has 1 aromatic rings. The zero-order valence-corrected chi connectivity index (χ0v) is 20.7. The summed E-state index contributed by atoms with van der Waals surface area (Å²) < 4.78 is 6.06. The van der Waals surface area contributed by atoms with Crippen molar-refractivity contribution in [3.05, 3.63) is 22.3 Å². The van der Waals surface area contributed by atoms with Gasteiger partial charge < -0.3 is 46.8 Å². The first kappa shape index (κ1) is 28.8. The molecule has 1 aliphatic rings. The zero-order chi connectivity index (χ0) is 27.4. The van der Waals surface area contributed by atoms with Crippen LogP contribution in [0, 0.1) is 20.8 Å². The molecule has 4 unspecified atom stereocenters. The predicted molar refractivity (Wildman–Crippen MR) is 126 cm³/mol. The van der Waals surface area contributed by atoms with Crippen LogP contribution in [0.4, 0.5) is 0 Å². The molecule has 0 spiro atoms. The van der Waals surface area contributed by atoms with Crippen molar-refractivity contribution < 1.29 is 44.3 Å². The third kappa shape index (κ3) is 5.86. The highest BCUT2D eigenvalue weighted by Gasteiger charge is 2.42. The second kappa shape index (κ2) is 11.5. The van der Waals surface area contributed by atoms with Gasteiger partial charge in [-0.2, -0.15) is 0 Å². The Labute approximate surface area is 208 Å². The van der Waals surface area contributed by atoms with Gasteiger partial charge in [-0.25, -0.2) is 0 Å². The molecule has 36 heavy (non-hydrogen) atoms. The van der Waals surface area contributed by atoms with Gasteiger partial charge >= 0.3 is 0 Å². The number of hydrogen-bond donors (Lipinski definition) is 8. The molecule has 9 N–H and O–H groups in total. The van der Waals surface area contributed by atoms with E-state index in [-0.39, 0.29) is 12.2 Å². The Bertz CT molecular complexity index is 1050. The first-order valence-corrected chi connectivity index (χ1v) is 11.3. The van der Waals surface area contributed by atoms with Crippen molar-refractivity contribution in [2.75, 3.05) is 19.8 Å². The van der Waals surface area contributed by atoms with Crippen LogP contribution in [-0.4, -0.2) is 87.6 Å². The zero-order valence-electron chi connectivity index (χ0n) is 20.7. The van der Waals surface area contributed by atoms with Crippen LogP contribution in [0.1, 0.15) is 35.6 Å². The van der Waals surface area contributed by atoms with Crippen LogP contribution < -0.4 is 26.4 Å². The molecule has 0 aliphatic carbocycles. The van der Waals surface area contributed by atoms with Gasteiger partial charge in [-0.1, -0.05) is 0 Å². The van der Waals surface area contributed by atoms with Gasteiger partial charge in [0, 0.05) is 12.0 Å². The highest BCUT2D eigenvalue weighted by Crippen LogP contribution is 2.43. The second-order valence-corrected chi connectivity index (χ2v) is 8.96. The van der Waals surface area contributed by atoms with Crippen molar-refractivity contribution in [1.29, 1.82) is 0 Å². The van der Waals surface area contributed by atoms with Crippen LogP contribution >= 0.6 is 0 Å². The Balaban J connectivity index is 2.13. The summed E-state index contributed by atoms with van der Waals surface area (Å²) in [7, 11) is 0. The van der Waals surface area contributed by atoms with E-state index in [0.717, 1.165) is 5.56 Å². The van der Waals surface area contributed by atoms with Gasteiger partial charge in [-0.15, -0.1) is 0 Å². The molecule has 0 aromatic heterocycles. The monoisotopic (exact) mass is 510 g/mol. The van der Waals surface area contributed by atoms with Crippen molar-refractivity contribution in [3.8, 4) is 11.5 Å². The average Bonchev–Trinajstić information content (AvgIpc) is 2.85. The smallest absolute Gasteiger partial charge is 0.264 e. The van der Waals surface area contributed by atoms with E-state index in [0.29, 0.717) is 28.9 Å². The summed E-state index contributed by atoms with van der Waals surface area (Å²) in [6.07, 6.45) is 0.653. The fourth-order valence-corrected chi connectivity index (χ4v) is 3.86. The van der Waals surface area contributed by atoms with Crippen LogP contribution in [-0.2, 0) is 25.6 Å². The molecule has 4 atom stereocenters. The standard InChI is InChI=1S/C23H34N4O9/c1-10-11(2)18-13(12(3)17(10)31)5-6-23(4,36-18)22(35)27-16(9-30)21(34)26-15(8-29)20(33)25-14(7-28)19(24)32/h14-16,28-31H,5-9H2,1-4H3,(H2,24,32)(H,25,33)(H,26,34)(H,27,35). The van der Waals surface area contributed by atoms with Gasteiger partial charge in [0.05, 0.1) is 19.8 Å². The summed E-state index contributed by atoms with van der Waals surface area (Å²) in [6, 6.07) is -4.47. The number of aliphatic hydroxyl groups is 3. The molecular weight excluding hydrogens is 476 g/mol. The van der Waals surface area contributed by atoms with Gasteiger partial charge in [-0.3, -0.25) is 19.2 Å².